The van der Waals surface area contributed by atoms with Crippen molar-refractivity contribution in [2.45, 2.75) is 27.3 Å². The van der Waals surface area contributed by atoms with Gasteiger partial charge in [0, 0.05) is 6.54 Å². The fourth-order valence-corrected chi connectivity index (χ4v) is 1.20. The van der Waals surface area contributed by atoms with Gasteiger partial charge in [-0.1, -0.05) is 6.92 Å². The first kappa shape index (κ1) is 9.58. The number of aromatic nitrogens is 3. The van der Waals surface area contributed by atoms with Crippen molar-refractivity contribution >= 4 is 12.6 Å². The molecule has 1 rings (SSSR count). The Hall–Kier alpha value is -0.510. The minimum atomic E-state index is 0.549. The molecule has 1 heterocycles. The van der Waals surface area contributed by atoms with Gasteiger partial charge in [-0.25, -0.2) is 9.67 Å². The first-order valence-corrected chi connectivity index (χ1v) is 4.75. The van der Waals surface area contributed by atoms with Crippen LogP contribution in [-0.2, 0) is 6.54 Å². The van der Waals surface area contributed by atoms with Crippen LogP contribution in [0.15, 0.2) is 0 Å². The molecule has 1 unspecified atom stereocenters. The second kappa shape index (κ2) is 3.94. The Kier molecular flexibility index (Phi) is 3.14. The second-order valence-corrected chi connectivity index (χ2v) is 3.54. The standard InChI is InChI=1S/C8H15N3S/c1-6(5-12)4-11-8(3)9-7(2)10-11/h6,12H,4-5H2,1-3H3. The number of hydrogen-bond donors (Lipinski definition) is 1. The minimum Gasteiger partial charge on any atom is -0.250 e. The molecule has 0 spiro atoms. The number of thiol groups is 1. The van der Waals surface area contributed by atoms with E-state index in [1.165, 1.54) is 0 Å². The molecule has 0 amide bonds. The SMILES string of the molecule is Cc1nc(C)n(CC(C)CS)n1. The van der Waals surface area contributed by atoms with E-state index in [0.29, 0.717) is 5.92 Å². The van der Waals surface area contributed by atoms with Crippen LogP contribution < -0.4 is 0 Å². The van der Waals surface area contributed by atoms with Crippen LogP contribution in [0.5, 0.6) is 0 Å². The smallest absolute Gasteiger partial charge is 0.147 e. The normalized spacial score (nSPS) is 13.3. The summed E-state index contributed by atoms with van der Waals surface area (Å²) in [6, 6.07) is 0. The lowest BCUT2D eigenvalue weighted by Crippen LogP contribution is -2.11. The van der Waals surface area contributed by atoms with Gasteiger partial charge in [0.2, 0.25) is 0 Å². The summed E-state index contributed by atoms with van der Waals surface area (Å²) in [5, 5.41) is 4.27. The molecule has 0 aromatic carbocycles. The Labute approximate surface area is 78.6 Å². The maximum absolute atomic E-state index is 4.27. The molecule has 0 bridgehead atoms. The zero-order valence-corrected chi connectivity index (χ0v) is 8.67. The van der Waals surface area contributed by atoms with Crippen molar-refractivity contribution in [2.24, 2.45) is 5.92 Å². The molecule has 1 atom stereocenters. The minimum absolute atomic E-state index is 0.549. The van der Waals surface area contributed by atoms with Crippen LogP contribution in [-0.4, -0.2) is 20.5 Å². The predicted molar refractivity (Wildman–Crippen MR) is 52.5 cm³/mol. The molecule has 0 aliphatic carbocycles. The summed E-state index contributed by atoms with van der Waals surface area (Å²) in [5.74, 6) is 3.27. The van der Waals surface area contributed by atoms with Crippen LogP contribution in [0.4, 0.5) is 0 Å². The predicted octanol–water partition coefficient (Wildman–Crippen LogP) is 1.46. The van der Waals surface area contributed by atoms with Crippen LogP contribution >= 0.6 is 12.6 Å². The number of nitrogens with zero attached hydrogens (tertiary/aromatic N) is 3. The highest BCUT2D eigenvalue weighted by Gasteiger charge is 2.05. The van der Waals surface area contributed by atoms with Crippen molar-refractivity contribution in [3.05, 3.63) is 11.6 Å². The van der Waals surface area contributed by atoms with Gasteiger partial charge in [-0.05, 0) is 25.5 Å². The van der Waals surface area contributed by atoms with E-state index < -0.39 is 0 Å². The highest BCUT2D eigenvalue weighted by Crippen LogP contribution is 2.04. The summed E-state index contributed by atoms with van der Waals surface area (Å²) in [6.07, 6.45) is 0. The molecule has 0 saturated carbocycles. The van der Waals surface area contributed by atoms with Crippen LogP contribution in [0.2, 0.25) is 0 Å². The lowest BCUT2D eigenvalue weighted by molar-refractivity contribution is 0.478. The van der Waals surface area contributed by atoms with Crippen molar-refractivity contribution in [3.63, 3.8) is 0 Å². The summed E-state index contributed by atoms with van der Waals surface area (Å²) in [7, 11) is 0. The molecule has 68 valence electrons. The van der Waals surface area contributed by atoms with E-state index in [9.17, 15) is 0 Å². The Morgan fingerprint density at radius 1 is 1.50 bits per heavy atom. The van der Waals surface area contributed by atoms with Gasteiger partial charge in [-0.2, -0.15) is 17.7 Å². The van der Waals surface area contributed by atoms with Gasteiger partial charge in [-0.15, -0.1) is 0 Å². The Morgan fingerprint density at radius 2 is 2.17 bits per heavy atom. The first-order valence-electron chi connectivity index (χ1n) is 4.12. The molecule has 3 nitrogen and oxygen atoms in total. The molecule has 12 heavy (non-hydrogen) atoms. The topological polar surface area (TPSA) is 30.7 Å². The lowest BCUT2D eigenvalue weighted by Gasteiger charge is -2.07. The van der Waals surface area contributed by atoms with Crippen LogP contribution in [0.25, 0.3) is 0 Å². The van der Waals surface area contributed by atoms with Crippen LogP contribution in [0.1, 0.15) is 18.6 Å². The third kappa shape index (κ3) is 2.24. The average molecular weight is 185 g/mol. The Morgan fingerprint density at radius 3 is 2.58 bits per heavy atom. The second-order valence-electron chi connectivity index (χ2n) is 3.18. The fraction of sp³-hybridized carbons (Fsp3) is 0.750. The molecule has 0 saturated heterocycles. The molecule has 1 aromatic heterocycles. The molecule has 1 aromatic rings. The number of rotatable bonds is 3. The molecular weight excluding hydrogens is 170 g/mol. The van der Waals surface area contributed by atoms with Crippen molar-refractivity contribution < 1.29 is 0 Å². The number of hydrogen-bond acceptors (Lipinski definition) is 3. The van der Waals surface area contributed by atoms with Gasteiger partial charge >= 0.3 is 0 Å². The summed E-state index contributed by atoms with van der Waals surface area (Å²) >= 11 is 4.23. The largest absolute Gasteiger partial charge is 0.250 e. The zero-order chi connectivity index (χ0) is 9.14. The van der Waals surface area contributed by atoms with E-state index in [0.717, 1.165) is 23.9 Å². The Balaban J connectivity index is 2.68. The third-order valence-electron chi connectivity index (χ3n) is 1.76. The molecule has 0 aliphatic heterocycles. The third-order valence-corrected chi connectivity index (χ3v) is 2.38. The number of aryl methyl sites for hydroxylation is 2. The van der Waals surface area contributed by atoms with E-state index in [-0.39, 0.29) is 0 Å². The molecular formula is C8H15N3S. The van der Waals surface area contributed by atoms with E-state index in [1.54, 1.807) is 0 Å². The molecule has 0 N–H and O–H groups in total. The summed E-state index contributed by atoms with van der Waals surface area (Å²) < 4.78 is 1.94. The quantitative estimate of drug-likeness (QED) is 0.723. The Bertz CT molecular complexity index is 257. The molecule has 0 radical (unpaired) electrons. The monoisotopic (exact) mass is 185 g/mol. The van der Waals surface area contributed by atoms with Crippen molar-refractivity contribution in [2.75, 3.05) is 5.75 Å². The maximum atomic E-state index is 4.27. The maximum Gasteiger partial charge on any atom is 0.147 e. The van der Waals surface area contributed by atoms with Gasteiger partial charge < -0.3 is 0 Å². The summed E-state index contributed by atoms with van der Waals surface area (Å²) in [5.41, 5.74) is 0. The molecule has 0 aliphatic rings. The van der Waals surface area contributed by atoms with Gasteiger partial charge in [0.1, 0.15) is 11.6 Å². The van der Waals surface area contributed by atoms with Crippen molar-refractivity contribution in [1.82, 2.24) is 14.8 Å². The van der Waals surface area contributed by atoms with Gasteiger partial charge in [0.15, 0.2) is 0 Å². The summed E-state index contributed by atoms with van der Waals surface area (Å²) in [4.78, 5) is 4.23. The highest BCUT2D eigenvalue weighted by atomic mass is 32.1. The lowest BCUT2D eigenvalue weighted by atomic mass is 10.2. The van der Waals surface area contributed by atoms with Crippen LogP contribution in [0.3, 0.4) is 0 Å². The van der Waals surface area contributed by atoms with Gasteiger partial charge in [0.05, 0.1) is 0 Å². The van der Waals surface area contributed by atoms with E-state index in [2.05, 4.69) is 29.6 Å². The average Bonchev–Trinajstić information content (AvgIpc) is 2.30. The molecule has 0 fully saturated rings. The molecule has 4 heteroatoms. The van der Waals surface area contributed by atoms with Gasteiger partial charge in [-0.3, -0.25) is 0 Å². The highest BCUT2D eigenvalue weighted by molar-refractivity contribution is 7.80. The van der Waals surface area contributed by atoms with Crippen molar-refractivity contribution in [3.8, 4) is 0 Å². The van der Waals surface area contributed by atoms with E-state index in [1.807, 2.05) is 18.5 Å². The first-order chi connectivity index (χ1) is 5.63. The summed E-state index contributed by atoms with van der Waals surface area (Å²) in [6.45, 7) is 6.96. The fourth-order valence-electron chi connectivity index (χ4n) is 1.09. The van der Waals surface area contributed by atoms with Gasteiger partial charge in [0.25, 0.3) is 0 Å². The van der Waals surface area contributed by atoms with Crippen LogP contribution in [0, 0.1) is 19.8 Å². The van der Waals surface area contributed by atoms with Crippen molar-refractivity contribution in [1.29, 1.82) is 0 Å². The zero-order valence-electron chi connectivity index (χ0n) is 7.78. The van der Waals surface area contributed by atoms with E-state index in [4.69, 9.17) is 0 Å². The van der Waals surface area contributed by atoms with E-state index >= 15 is 0 Å².